The van der Waals surface area contributed by atoms with E-state index in [0.29, 0.717) is 0 Å². The van der Waals surface area contributed by atoms with Crippen LogP contribution in [-0.2, 0) is 35.1 Å². The predicted molar refractivity (Wildman–Crippen MR) is 134 cm³/mol. The maximum Gasteiger partial charge on any atom is 0.331 e. The first-order chi connectivity index (χ1) is 17.5. The molecular formula is C25H38N4O8. The molecule has 0 unspecified atom stereocenters. The number of hydrogen-bond donors (Lipinski definition) is 4. The van der Waals surface area contributed by atoms with Gasteiger partial charge in [-0.1, -0.05) is 44.2 Å². The Morgan fingerprint density at radius 3 is 1.92 bits per heavy atom. The molecule has 0 saturated carbocycles. The van der Waals surface area contributed by atoms with Gasteiger partial charge in [-0.15, -0.1) is 0 Å². The van der Waals surface area contributed by atoms with Gasteiger partial charge < -0.3 is 35.4 Å². The topological polar surface area (TPSA) is 163 Å². The molecule has 37 heavy (non-hydrogen) atoms. The molecule has 0 spiro atoms. The summed E-state index contributed by atoms with van der Waals surface area (Å²) < 4.78 is 10.4. The molecule has 0 radical (unpaired) electrons. The first-order valence-corrected chi connectivity index (χ1v) is 12.1. The molecule has 0 aliphatic rings. The minimum absolute atomic E-state index is 0.0795. The summed E-state index contributed by atoms with van der Waals surface area (Å²) in [7, 11) is 0. The number of benzene rings is 1. The maximum atomic E-state index is 13.3. The van der Waals surface area contributed by atoms with Crippen LogP contribution < -0.4 is 16.0 Å². The van der Waals surface area contributed by atoms with Crippen LogP contribution in [0.2, 0.25) is 0 Å². The van der Waals surface area contributed by atoms with Gasteiger partial charge in [-0.2, -0.15) is 0 Å². The summed E-state index contributed by atoms with van der Waals surface area (Å²) in [6, 6.07) is 5.80. The lowest BCUT2D eigenvalue weighted by molar-refractivity contribution is -0.150. The van der Waals surface area contributed by atoms with Crippen LogP contribution >= 0.6 is 0 Å². The Balaban J connectivity index is 3.01. The van der Waals surface area contributed by atoms with Gasteiger partial charge in [0, 0.05) is 26.8 Å². The van der Waals surface area contributed by atoms with E-state index in [1.165, 1.54) is 13.8 Å². The van der Waals surface area contributed by atoms with Crippen molar-refractivity contribution in [3.8, 4) is 0 Å². The highest BCUT2D eigenvalue weighted by Crippen LogP contribution is 2.10. The molecule has 1 aromatic carbocycles. The first-order valence-electron chi connectivity index (χ1n) is 12.1. The van der Waals surface area contributed by atoms with E-state index in [9.17, 15) is 29.1 Å². The van der Waals surface area contributed by atoms with Crippen molar-refractivity contribution in [2.45, 2.75) is 46.2 Å². The van der Waals surface area contributed by atoms with Crippen LogP contribution in [0.3, 0.4) is 0 Å². The molecule has 206 valence electrons. The molecule has 12 nitrogen and oxygen atoms in total. The van der Waals surface area contributed by atoms with Crippen molar-refractivity contribution >= 4 is 29.8 Å². The molecule has 0 aliphatic heterocycles. The van der Waals surface area contributed by atoms with E-state index in [-0.39, 0.29) is 57.0 Å². The number of nitrogens with zero attached hydrogens (tertiary/aromatic N) is 1. The van der Waals surface area contributed by atoms with Crippen molar-refractivity contribution in [3.05, 3.63) is 35.9 Å². The van der Waals surface area contributed by atoms with Gasteiger partial charge in [0.1, 0.15) is 19.3 Å². The van der Waals surface area contributed by atoms with Gasteiger partial charge in [0.2, 0.25) is 11.8 Å². The standard InChI is InChI=1S/C25H38N4O8/c1-17(2)15-29(22(16-30)24(34)37-13-11-27-19(4)32)25(35)28-21(14-20-8-6-5-7-9-20)23(33)36-12-10-26-18(3)31/h5-9,17,21-22,30H,10-16H2,1-4H3,(H,26,31)(H,27,32)(H,28,35)/t21-,22-/m0/s1. The number of carbonyl (C=O) groups is 5. The molecule has 0 aliphatic carbocycles. The van der Waals surface area contributed by atoms with Gasteiger partial charge in [0.15, 0.2) is 6.04 Å². The zero-order chi connectivity index (χ0) is 27.8. The molecule has 4 N–H and O–H groups in total. The van der Waals surface area contributed by atoms with Gasteiger partial charge >= 0.3 is 18.0 Å². The molecule has 0 aromatic heterocycles. The zero-order valence-corrected chi connectivity index (χ0v) is 21.8. The van der Waals surface area contributed by atoms with E-state index in [2.05, 4.69) is 16.0 Å². The summed E-state index contributed by atoms with van der Waals surface area (Å²) in [5.74, 6) is -2.20. The molecule has 1 rings (SSSR count). The number of esters is 2. The Bertz CT molecular complexity index is 894. The predicted octanol–water partition coefficient (Wildman–Crippen LogP) is -0.0152. The first kappa shape index (κ1) is 31.4. The molecule has 2 atom stereocenters. The number of hydrogen-bond acceptors (Lipinski definition) is 8. The number of rotatable bonds is 15. The third-order valence-electron chi connectivity index (χ3n) is 4.95. The zero-order valence-electron chi connectivity index (χ0n) is 21.8. The summed E-state index contributed by atoms with van der Waals surface area (Å²) in [6.45, 7) is 5.68. The number of nitrogens with one attached hydrogen (secondary N) is 3. The lowest BCUT2D eigenvalue weighted by atomic mass is 10.1. The van der Waals surface area contributed by atoms with Crippen molar-refractivity contribution < 1.29 is 38.6 Å². The fraction of sp³-hybridized carbons (Fsp3) is 0.560. The molecule has 0 saturated heterocycles. The number of aliphatic hydroxyl groups is 1. The minimum Gasteiger partial charge on any atom is -0.462 e. The van der Waals surface area contributed by atoms with Crippen LogP contribution in [-0.4, -0.2) is 91.3 Å². The molecule has 0 fully saturated rings. The lowest BCUT2D eigenvalue weighted by Gasteiger charge is -2.32. The van der Waals surface area contributed by atoms with E-state index in [1.807, 2.05) is 19.9 Å². The fourth-order valence-corrected chi connectivity index (χ4v) is 3.27. The summed E-state index contributed by atoms with van der Waals surface area (Å²) in [5, 5.41) is 17.5. The molecule has 4 amide bonds. The summed E-state index contributed by atoms with van der Waals surface area (Å²) in [6.07, 6.45) is 0.117. The molecule has 0 heterocycles. The number of carbonyl (C=O) groups excluding carboxylic acids is 5. The van der Waals surface area contributed by atoms with Crippen molar-refractivity contribution in [1.82, 2.24) is 20.9 Å². The second-order valence-electron chi connectivity index (χ2n) is 8.74. The summed E-state index contributed by atoms with van der Waals surface area (Å²) in [4.78, 5) is 61.9. The number of aliphatic hydroxyl groups excluding tert-OH is 1. The summed E-state index contributed by atoms with van der Waals surface area (Å²) in [5.41, 5.74) is 0.762. The normalized spacial score (nSPS) is 12.2. The quantitative estimate of drug-likeness (QED) is 0.185. The third kappa shape index (κ3) is 12.7. The highest BCUT2D eigenvalue weighted by molar-refractivity contribution is 5.87. The maximum absolute atomic E-state index is 13.3. The average molecular weight is 523 g/mol. The Morgan fingerprint density at radius 2 is 1.43 bits per heavy atom. The second-order valence-corrected chi connectivity index (χ2v) is 8.74. The molecular weight excluding hydrogens is 484 g/mol. The van der Waals surface area contributed by atoms with Gasteiger partial charge in [-0.3, -0.25) is 9.59 Å². The number of ether oxygens (including phenoxy) is 2. The van der Waals surface area contributed by atoms with Crippen LogP contribution in [0, 0.1) is 5.92 Å². The SMILES string of the molecule is CC(=O)NCCOC(=O)[C@H](Cc1ccccc1)NC(=O)N(CC(C)C)[C@@H](CO)C(=O)OCCNC(C)=O. The third-order valence-corrected chi connectivity index (χ3v) is 4.95. The van der Waals surface area contributed by atoms with Crippen molar-refractivity contribution in [1.29, 1.82) is 0 Å². The van der Waals surface area contributed by atoms with Gasteiger partial charge in [0.25, 0.3) is 0 Å². The van der Waals surface area contributed by atoms with E-state index >= 15 is 0 Å². The second kappa shape index (κ2) is 16.9. The lowest BCUT2D eigenvalue weighted by Crippen LogP contribution is -2.56. The van der Waals surface area contributed by atoms with Crippen LogP contribution in [0.25, 0.3) is 0 Å². The highest BCUT2D eigenvalue weighted by atomic mass is 16.5. The van der Waals surface area contributed by atoms with Crippen molar-refractivity contribution in [3.63, 3.8) is 0 Å². The fourth-order valence-electron chi connectivity index (χ4n) is 3.27. The molecule has 0 bridgehead atoms. The van der Waals surface area contributed by atoms with Crippen molar-refractivity contribution in [2.24, 2.45) is 5.92 Å². The van der Waals surface area contributed by atoms with E-state index < -0.39 is 36.7 Å². The monoisotopic (exact) mass is 522 g/mol. The van der Waals surface area contributed by atoms with E-state index in [1.54, 1.807) is 24.3 Å². The van der Waals surface area contributed by atoms with Crippen LogP contribution in [0.15, 0.2) is 30.3 Å². The van der Waals surface area contributed by atoms with Crippen molar-refractivity contribution in [2.75, 3.05) is 39.5 Å². The molecule has 1 aromatic rings. The van der Waals surface area contributed by atoms with Crippen LogP contribution in [0.4, 0.5) is 4.79 Å². The Labute approximate surface area is 217 Å². The Kier molecular flexibility index (Phi) is 14.3. The van der Waals surface area contributed by atoms with Crippen LogP contribution in [0.1, 0.15) is 33.3 Å². The highest BCUT2D eigenvalue weighted by Gasteiger charge is 2.34. The van der Waals surface area contributed by atoms with Gasteiger partial charge in [0.05, 0.1) is 19.7 Å². The smallest absolute Gasteiger partial charge is 0.331 e. The van der Waals surface area contributed by atoms with E-state index in [0.717, 1.165) is 10.5 Å². The molecule has 12 heteroatoms. The van der Waals surface area contributed by atoms with E-state index in [4.69, 9.17) is 9.47 Å². The minimum atomic E-state index is -1.33. The Morgan fingerprint density at radius 1 is 0.892 bits per heavy atom. The largest absolute Gasteiger partial charge is 0.462 e. The van der Waals surface area contributed by atoms with Gasteiger partial charge in [-0.05, 0) is 11.5 Å². The average Bonchev–Trinajstić information content (AvgIpc) is 2.84. The van der Waals surface area contributed by atoms with Crippen LogP contribution in [0.5, 0.6) is 0 Å². The number of amides is 4. The summed E-state index contributed by atoms with van der Waals surface area (Å²) >= 11 is 0. The Hall–Kier alpha value is -3.67. The van der Waals surface area contributed by atoms with Gasteiger partial charge in [-0.25, -0.2) is 14.4 Å². The number of urea groups is 1.